The Hall–Kier alpha value is -3.47. The minimum Gasteiger partial charge on any atom is -0.347 e. The van der Waals surface area contributed by atoms with Crippen molar-refractivity contribution in [3.8, 4) is 6.07 Å². The molecule has 0 bridgehead atoms. The van der Waals surface area contributed by atoms with Gasteiger partial charge in [-0.15, -0.1) is 0 Å². The van der Waals surface area contributed by atoms with Crippen LogP contribution in [0.25, 0.3) is 0 Å². The van der Waals surface area contributed by atoms with E-state index in [-0.39, 0.29) is 28.6 Å². The van der Waals surface area contributed by atoms with E-state index in [1.54, 1.807) is 27.0 Å². The summed E-state index contributed by atoms with van der Waals surface area (Å²) in [7, 11) is 1.60. The minimum atomic E-state index is -0.729. The summed E-state index contributed by atoms with van der Waals surface area (Å²) in [5.41, 5.74) is 0.791. The number of hydrogen-bond acceptors (Lipinski definition) is 4. The molecule has 2 amide bonds. The Bertz CT molecular complexity index is 988. The number of amides is 2. The van der Waals surface area contributed by atoms with E-state index >= 15 is 0 Å². The SMILES string of the molecule is CC[C@@H](C)NC(=O)C(=O)c1cc(C(=O)Nc2ccc(F)c(C#N)c2)n(C)c1C. The number of Topliss-reactive ketones (excluding diaryl/α,β-unsaturated/α-hetero) is 1. The minimum absolute atomic E-state index is 0.130. The molecule has 0 unspecified atom stereocenters. The zero-order valence-corrected chi connectivity index (χ0v) is 16.1. The third-order valence-electron chi connectivity index (χ3n) is 4.55. The highest BCUT2D eigenvalue weighted by molar-refractivity contribution is 6.43. The lowest BCUT2D eigenvalue weighted by atomic mass is 10.1. The molecule has 7 nitrogen and oxygen atoms in total. The number of nitrogens with one attached hydrogen (secondary N) is 2. The molecule has 1 aromatic heterocycles. The van der Waals surface area contributed by atoms with Crippen molar-refractivity contribution >= 4 is 23.3 Å². The number of benzene rings is 1. The van der Waals surface area contributed by atoms with Crippen LogP contribution in [-0.4, -0.2) is 28.2 Å². The van der Waals surface area contributed by atoms with Crippen LogP contribution in [0.3, 0.4) is 0 Å². The van der Waals surface area contributed by atoms with Crippen molar-refractivity contribution in [1.29, 1.82) is 5.26 Å². The molecule has 0 fully saturated rings. The zero-order valence-electron chi connectivity index (χ0n) is 16.1. The fraction of sp³-hybridized carbons (Fsp3) is 0.300. The van der Waals surface area contributed by atoms with Gasteiger partial charge in [0.05, 0.1) is 5.56 Å². The van der Waals surface area contributed by atoms with Gasteiger partial charge in [-0.25, -0.2) is 4.39 Å². The fourth-order valence-electron chi connectivity index (χ4n) is 2.54. The Morgan fingerprint density at radius 1 is 1.29 bits per heavy atom. The predicted molar refractivity (Wildman–Crippen MR) is 101 cm³/mol. The molecular formula is C20H21FN4O3. The highest BCUT2D eigenvalue weighted by Gasteiger charge is 2.25. The fourth-order valence-corrected chi connectivity index (χ4v) is 2.54. The van der Waals surface area contributed by atoms with E-state index < -0.39 is 23.4 Å². The summed E-state index contributed by atoms with van der Waals surface area (Å²) in [4.78, 5) is 37.1. The Labute approximate surface area is 162 Å². The summed E-state index contributed by atoms with van der Waals surface area (Å²) >= 11 is 0. The van der Waals surface area contributed by atoms with Crippen LogP contribution >= 0.6 is 0 Å². The van der Waals surface area contributed by atoms with E-state index in [2.05, 4.69) is 10.6 Å². The third kappa shape index (κ3) is 4.26. The van der Waals surface area contributed by atoms with Crippen LogP contribution in [0, 0.1) is 24.1 Å². The monoisotopic (exact) mass is 384 g/mol. The molecule has 2 aromatic rings. The van der Waals surface area contributed by atoms with Gasteiger partial charge in [0.2, 0.25) is 0 Å². The second-order valence-electron chi connectivity index (χ2n) is 6.46. The van der Waals surface area contributed by atoms with Gasteiger partial charge in [0, 0.05) is 30.0 Å². The number of carbonyl (C=O) groups excluding carboxylic acids is 3. The third-order valence-corrected chi connectivity index (χ3v) is 4.55. The van der Waals surface area contributed by atoms with Gasteiger partial charge in [-0.2, -0.15) is 5.26 Å². The van der Waals surface area contributed by atoms with Gasteiger partial charge in [0.15, 0.2) is 0 Å². The first kappa shape index (κ1) is 20.8. The Kier molecular flexibility index (Phi) is 6.31. The molecular weight excluding hydrogens is 363 g/mol. The maximum Gasteiger partial charge on any atom is 0.292 e. The number of nitrogens with zero attached hydrogens (tertiary/aromatic N) is 2. The highest BCUT2D eigenvalue weighted by atomic mass is 19.1. The first-order chi connectivity index (χ1) is 13.2. The van der Waals surface area contributed by atoms with Crippen molar-refractivity contribution in [2.45, 2.75) is 33.2 Å². The van der Waals surface area contributed by atoms with E-state index in [1.807, 2.05) is 6.92 Å². The maximum absolute atomic E-state index is 13.4. The largest absolute Gasteiger partial charge is 0.347 e. The van der Waals surface area contributed by atoms with Crippen LogP contribution in [0.5, 0.6) is 0 Å². The van der Waals surface area contributed by atoms with Crippen LogP contribution in [-0.2, 0) is 11.8 Å². The first-order valence-corrected chi connectivity index (χ1v) is 8.72. The standard InChI is InChI=1S/C20H21FN4O3/c1-5-11(2)23-20(28)18(26)15-9-17(25(4)12(15)3)19(27)24-14-6-7-16(21)13(8-14)10-22/h6-9,11H,5H2,1-4H3,(H,23,28)(H,24,27)/t11-/m1/s1. The van der Waals surface area contributed by atoms with E-state index in [0.29, 0.717) is 12.1 Å². The molecule has 8 heteroatoms. The number of nitriles is 1. The topological polar surface area (TPSA) is 104 Å². The highest BCUT2D eigenvalue weighted by Crippen LogP contribution is 2.19. The van der Waals surface area contributed by atoms with Gasteiger partial charge in [0.1, 0.15) is 17.6 Å². The summed E-state index contributed by atoms with van der Waals surface area (Å²) in [6, 6.07) is 6.53. The van der Waals surface area contributed by atoms with Crippen LogP contribution in [0.4, 0.5) is 10.1 Å². The van der Waals surface area contributed by atoms with Crippen molar-refractivity contribution in [3.05, 3.63) is 52.6 Å². The van der Waals surface area contributed by atoms with Crippen LogP contribution < -0.4 is 10.6 Å². The second kappa shape index (κ2) is 8.48. The average molecular weight is 384 g/mol. The van der Waals surface area contributed by atoms with Gasteiger partial charge < -0.3 is 15.2 Å². The molecule has 1 atom stereocenters. The van der Waals surface area contributed by atoms with Gasteiger partial charge in [-0.3, -0.25) is 14.4 Å². The lowest BCUT2D eigenvalue weighted by Gasteiger charge is -2.10. The summed E-state index contributed by atoms with van der Waals surface area (Å²) in [6.07, 6.45) is 0.683. The average Bonchev–Trinajstić information content (AvgIpc) is 2.97. The van der Waals surface area contributed by atoms with E-state index in [4.69, 9.17) is 5.26 Å². The Morgan fingerprint density at radius 2 is 1.96 bits per heavy atom. The van der Waals surface area contributed by atoms with Gasteiger partial charge >= 0.3 is 0 Å². The van der Waals surface area contributed by atoms with Crippen molar-refractivity contribution in [3.63, 3.8) is 0 Å². The molecule has 0 saturated carbocycles. The second-order valence-corrected chi connectivity index (χ2v) is 6.46. The van der Waals surface area contributed by atoms with E-state index in [9.17, 15) is 18.8 Å². The summed E-state index contributed by atoms with van der Waals surface area (Å²) in [6.45, 7) is 5.31. The van der Waals surface area contributed by atoms with Gasteiger partial charge in [-0.1, -0.05) is 6.92 Å². The quantitative estimate of drug-likeness (QED) is 0.590. The molecule has 0 aliphatic rings. The Balaban J connectivity index is 2.27. The number of rotatable bonds is 6. The van der Waals surface area contributed by atoms with E-state index in [1.165, 1.54) is 22.8 Å². The smallest absolute Gasteiger partial charge is 0.292 e. The van der Waals surface area contributed by atoms with Gasteiger partial charge in [0.25, 0.3) is 17.6 Å². The molecule has 0 spiro atoms. The van der Waals surface area contributed by atoms with Crippen LogP contribution in [0.15, 0.2) is 24.3 Å². The molecule has 0 aliphatic carbocycles. The van der Waals surface area contributed by atoms with Crippen LogP contribution in [0.2, 0.25) is 0 Å². The van der Waals surface area contributed by atoms with Crippen molar-refractivity contribution < 1.29 is 18.8 Å². The molecule has 2 rings (SSSR count). The number of ketones is 1. The summed E-state index contributed by atoms with van der Waals surface area (Å²) in [5, 5.41) is 14.1. The maximum atomic E-state index is 13.4. The molecule has 0 saturated heterocycles. The number of halogens is 1. The molecule has 1 heterocycles. The molecule has 1 aromatic carbocycles. The van der Waals surface area contributed by atoms with Gasteiger partial charge in [-0.05, 0) is 44.5 Å². The number of aromatic nitrogens is 1. The summed E-state index contributed by atoms with van der Waals surface area (Å²) < 4.78 is 14.9. The van der Waals surface area contributed by atoms with Crippen molar-refractivity contribution in [2.75, 3.05) is 5.32 Å². The summed E-state index contributed by atoms with van der Waals surface area (Å²) in [5.74, 6) is -2.69. The molecule has 2 N–H and O–H groups in total. The zero-order chi connectivity index (χ0) is 21.0. The van der Waals surface area contributed by atoms with Crippen molar-refractivity contribution in [1.82, 2.24) is 9.88 Å². The number of anilines is 1. The molecule has 146 valence electrons. The van der Waals surface area contributed by atoms with Crippen LogP contribution in [0.1, 0.15) is 52.4 Å². The van der Waals surface area contributed by atoms with Crippen molar-refractivity contribution in [2.24, 2.45) is 7.05 Å². The lowest BCUT2D eigenvalue weighted by Crippen LogP contribution is -2.37. The lowest BCUT2D eigenvalue weighted by molar-refractivity contribution is -0.117. The van der Waals surface area contributed by atoms with E-state index in [0.717, 1.165) is 6.07 Å². The normalized spacial score (nSPS) is 11.4. The molecule has 0 radical (unpaired) electrons. The predicted octanol–water partition coefficient (Wildman–Crippen LogP) is 2.69. The molecule has 0 aliphatic heterocycles. The number of hydrogen-bond donors (Lipinski definition) is 2. The Morgan fingerprint density at radius 3 is 2.57 bits per heavy atom. The molecule has 28 heavy (non-hydrogen) atoms. The number of carbonyl (C=O) groups is 3. The first-order valence-electron chi connectivity index (χ1n) is 8.72.